The first-order valence-corrected chi connectivity index (χ1v) is 5.72. The third-order valence-electron chi connectivity index (χ3n) is 2.29. The predicted octanol–water partition coefficient (Wildman–Crippen LogP) is 1.83. The van der Waals surface area contributed by atoms with Crippen LogP contribution in [0, 0.1) is 0 Å². The second-order valence-corrected chi connectivity index (χ2v) is 4.30. The number of hydrazine groups is 1. The Bertz CT molecular complexity index is 356. The maximum atomic E-state index is 5.79. The van der Waals surface area contributed by atoms with Crippen LogP contribution in [0.15, 0.2) is 6.07 Å². The van der Waals surface area contributed by atoms with Crippen molar-refractivity contribution in [2.24, 2.45) is 0 Å². The maximum absolute atomic E-state index is 5.79. The highest BCUT2D eigenvalue weighted by molar-refractivity contribution is 6.32. The minimum atomic E-state index is 0.135. The Morgan fingerprint density at radius 1 is 1.50 bits per heavy atom. The van der Waals surface area contributed by atoms with E-state index in [9.17, 15) is 0 Å². The smallest absolute Gasteiger partial charge is 0.225 e. The molecular weight excluding hydrogens is 251 g/mol. The number of nitrogens with zero attached hydrogens (tertiary/aromatic N) is 3. The summed E-state index contributed by atoms with van der Waals surface area (Å²) in [4.78, 5) is 7.82. The van der Waals surface area contributed by atoms with Gasteiger partial charge in [0.25, 0.3) is 0 Å². The zero-order valence-electron chi connectivity index (χ0n) is 8.78. The lowest BCUT2D eigenvalue weighted by atomic mass is 10.3. The van der Waals surface area contributed by atoms with Crippen molar-refractivity contribution >= 4 is 29.0 Å². The van der Waals surface area contributed by atoms with Gasteiger partial charge in [0.1, 0.15) is 11.0 Å². The summed E-state index contributed by atoms with van der Waals surface area (Å²) in [6, 6.07) is 1.91. The maximum Gasteiger partial charge on any atom is 0.225 e. The summed E-state index contributed by atoms with van der Waals surface area (Å²) in [7, 11) is 0. The van der Waals surface area contributed by atoms with Gasteiger partial charge in [-0.05, 0) is 18.5 Å². The highest BCUT2D eigenvalue weighted by Crippen LogP contribution is 2.16. The number of nitrogens with one attached hydrogen (secondary N) is 1. The summed E-state index contributed by atoms with van der Waals surface area (Å²) in [6.45, 7) is 4.25. The molecule has 2 heterocycles. The van der Waals surface area contributed by atoms with Crippen LogP contribution in [0.2, 0.25) is 10.4 Å². The Hall–Kier alpha value is -0.620. The van der Waals surface area contributed by atoms with E-state index in [1.807, 2.05) is 5.01 Å². The van der Waals surface area contributed by atoms with Gasteiger partial charge in [-0.2, -0.15) is 4.98 Å². The van der Waals surface area contributed by atoms with E-state index in [0.717, 1.165) is 6.54 Å². The molecule has 0 bridgehead atoms. The van der Waals surface area contributed by atoms with Gasteiger partial charge < -0.3 is 10.2 Å². The lowest BCUT2D eigenvalue weighted by Crippen LogP contribution is -2.47. The summed E-state index contributed by atoms with van der Waals surface area (Å²) >= 11 is 11.5. The lowest BCUT2D eigenvalue weighted by Gasteiger charge is -2.33. The fourth-order valence-corrected chi connectivity index (χ4v) is 1.90. The van der Waals surface area contributed by atoms with Crippen molar-refractivity contribution in [2.45, 2.75) is 13.0 Å². The number of rotatable bonds is 2. The Morgan fingerprint density at radius 2 is 2.31 bits per heavy atom. The number of halogens is 2. The number of morpholine rings is 1. The van der Waals surface area contributed by atoms with E-state index < -0.39 is 0 Å². The van der Waals surface area contributed by atoms with Crippen LogP contribution < -0.4 is 5.43 Å². The lowest BCUT2D eigenvalue weighted by molar-refractivity contribution is 0.0122. The summed E-state index contributed by atoms with van der Waals surface area (Å²) in [6.07, 6.45) is 0. The Balaban J connectivity index is 2.07. The van der Waals surface area contributed by atoms with E-state index in [2.05, 4.69) is 22.3 Å². The largest absolute Gasteiger partial charge is 0.378 e. The first-order valence-electron chi connectivity index (χ1n) is 4.96. The molecule has 88 valence electrons. The zero-order valence-corrected chi connectivity index (χ0v) is 10.3. The number of hydrogen-bond acceptors (Lipinski definition) is 5. The van der Waals surface area contributed by atoms with E-state index >= 15 is 0 Å². The van der Waals surface area contributed by atoms with Gasteiger partial charge in [-0.15, -0.1) is 0 Å². The molecule has 1 fully saturated rings. The van der Waals surface area contributed by atoms with Gasteiger partial charge >= 0.3 is 0 Å². The first-order chi connectivity index (χ1) is 7.65. The van der Waals surface area contributed by atoms with E-state index in [4.69, 9.17) is 27.9 Å². The quantitative estimate of drug-likeness (QED) is 0.651. The van der Waals surface area contributed by atoms with E-state index in [1.54, 1.807) is 6.07 Å². The number of hydrogen-bond donors (Lipinski definition) is 1. The van der Waals surface area contributed by atoms with Crippen LogP contribution in [-0.2, 0) is 4.74 Å². The molecule has 1 aromatic heterocycles. The van der Waals surface area contributed by atoms with Crippen LogP contribution in [0.5, 0.6) is 0 Å². The third-order valence-corrected chi connectivity index (χ3v) is 2.66. The van der Waals surface area contributed by atoms with Gasteiger partial charge in [-0.25, -0.2) is 9.99 Å². The molecule has 0 saturated carbocycles. The van der Waals surface area contributed by atoms with Crippen molar-refractivity contribution in [3.05, 3.63) is 16.5 Å². The number of anilines is 1. The molecule has 7 heteroatoms. The zero-order chi connectivity index (χ0) is 11.5. The number of ether oxygens (including phenoxy) is 1. The highest BCUT2D eigenvalue weighted by atomic mass is 35.5. The average molecular weight is 263 g/mol. The molecule has 0 aliphatic carbocycles. The molecule has 5 nitrogen and oxygen atoms in total. The molecule has 0 aromatic carbocycles. The molecule has 1 aliphatic rings. The fourth-order valence-electron chi connectivity index (χ4n) is 1.49. The Morgan fingerprint density at radius 3 is 3.00 bits per heavy atom. The monoisotopic (exact) mass is 262 g/mol. The molecule has 0 amide bonds. The second-order valence-electron chi connectivity index (χ2n) is 3.57. The van der Waals surface area contributed by atoms with Gasteiger partial charge in [-0.3, -0.25) is 0 Å². The minimum Gasteiger partial charge on any atom is -0.378 e. The van der Waals surface area contributed by atoms with E-state index in [0.29, 0.717) is 24.2 Å². The molecule has 1 atom stereocenters. The van der Waals surface area contributed by atoms with E-state index in [-0.39, 0.29) is 11.3 Å². The van der Waals surface area contributed by atoms with Gasteiger partial charge in [0.05, 0.1) is 13.2 Å². The highest BCUT2D eigenvalue weighted by Gasteiger charge is 2.19. The Labute approximate surface area is 104 Å². The van der Waals surface area contributed by atoms with Crippen molar-refractivity contribution in [2.75, 3.05) is 25.2 Å². The van der Waals surface area contributed by atoms with Crippen molar-refractivity contribution in [1.29, 1.82) is 0 Å². The SMILES string of the molecule is C[C@H]1COCCN1Nc1cc(Cl)nc(Cl)n1. The molecule has 1 aromatic rings. The van der Waals surface area contributed by atoms with Crippen LogP contribution in [0.4, 0.5) is 5.82 Å². The summed E-state index contributed by atoms with van der Waals surface area (Å²) in [5, 5.41) is 2.50. The van der Waals surface area contributed by atoms with Crippen LogP contribution in [0.1, 0.15) is 6.92 Å². The Kier molecular flexibility index (Phi) is 3.81. The van der Waals surface area contributed by atoms with Crippen LogP contribution in [0.3, 0.4) is 0 Å². The standard InChI is InChI=1S/C9H12Cl2N4O/c1-6-5-16-3-2-15(6)14-8-4-7(10)12-9(11)13-8/h4,6H,2-3,5H2,1H3,(H,12,13,14)/t6-/m0/s1. The molecular formula is C9H12Cl2N4O. The topological polar surface area (TPSA) is 50.3 Å². The third kappa shape index (κ3) is 2.95. The fraction of sp³-hybridized carbons (Fsp3) is 0.556. The second kappa shape index (κ2) is 5.14. The average Bonchev–Trinajstić information content (AvgIpc) is 2.20. The first kappa shape index (κ1) is 11.9. The van der Waals surface area contributed by atoms with Gasteiger partial charge in [0.15, 0.2) is 0 Å². The van der Waals surface area contributed by atoms with Crippen LogP contribution in [-0.4, -0.2) is 40.8 Å². The molecule has 0 radical (unpaired) electrons. The molecule has 1 saturated heterocycles. The molecule has 0 unspecified atom stereocenters. The number of aromatic nitrogens is 2. The predicted molar refractivity (Wildman–Crippen MR) is 62.7 cm³/mol. The molecule has 1 aliphatic heterocycles. The minimum absolute atomic E-state index is 0.135. The van der Waals surface area contributed by atoms with Crippen molar-refractivity contribution in [3.8, 4) is 0 Å². The molecule has 16 heavy (non-hydrogen) atoms. The van der Waals surface area contributed by atoms with Crippen LogP contribution >= 0.6 is 23.2 Å². The van der Waals surface area contributed by atoms with Crippen molar-refractivity contribution < 1.29 is 4.74 Å². The summed E-state index contributed by atoms with van der Waals surface area (Å²) in [5.74, 6) is 0.596. The van der Waals surface area contributed by atoms with Gasteiger partial charge in [0.2, 0.25) is 5.28 Å². The van der Waals surface area contributed by atoms with Gasteiger partial charge in [-0.1, -0.05) is 11.6 Å². The van der Waals surface area contributed by atoms with Gasteiger partial charge in [0, 0.05) is 18.7 Å². The summed E-state index contributed by atoms with van der Waals surface area (Å²) < 4.78 is 5.33. The molecule has 2 rings (SSSR count). The molecule has 0 spiro atoms. The van der Waals surface area contributed by atoms with Crippen LogP contribution in [0.25, 0.3) is 0 Å². The van der Waals surface area contributed by atoms with Crippen molar-refractivity contribution in [1.82, 2.24) is 15.0 Å². The summed E-state index contributed by atoms with van der Waals surface area (Å²) in [5.41, 5.74) is 3.15. The van der Waals surface area contributed by atoms with E-state index in [1.165, 1.54) is 0 Å². The normalized spacial score (nSPS) is 22.1. The van der Waals surface area contributed by atoms with Crippen molar-refractivity contribution in [3.63, 3.8) is 0 Å². The molecule has 1 N–H and O–H groups in total.